The summed E-state index contributed by atoms with van der Waals surface area (Å²) in [5.74, 6) is 0.319. The van der Waals surface area contributed by atoms with E-state index >= 15 is 0 Å². The maximum atomic E-state index is 11.7. The van der Waals surface area contributed by atoms with Crippen LogP contribution in [0.4, 0.5) is 5.95 Å². The first-order valence-corrected chi connectivity index (χ1v) is 8.65. The predicted molar refractivity (Wildman–Crippen MR) is 91.2 cm³/mol. The van der Waals surface area contributed by atoms with Crippen LogP contribution < -0.4 is 4.90 Å². The van der Waals surface area contributed by atoms with Gasteiger partial charge in [0.15, 0.2) is 0 Å². The Labute approximate surface area is 146 Å². The van der Waals surface area contributed by atoms with Gasteiger partial charge in [0.05, 0.1) is 24.7 Å². The molecule has 4 rings (SSSR count). The lowest BCUT2D eigenvalue weighted by molar-refractivity contribution is 0.0115. The van der Waals surface area contributed by atoms with Crippen molar-refractivity contribution in [3.63, 3.8) is 0 Å². The molecule has 2 aliphatic heterocycles. The Balaban J connectivity index is 1.33. The van der Waals surface area contributed by atoms with Gasteiger partial charge in [-0.1, -0.05) is 0 Å². The largest absolute Gasteiger partial charge is 0.472 e. The van der Waals surface area contributed by atoms with E-state index in [9.17, 15) is 4.79 Å². The molecule has 2 aromatic rings. The Morgan fingerprint density at radius 3 is 2.80 bits per heavy atom. The minimum absolute atomic E-state index is 0.340. The molecule has 2 saturated heterocycles. The van der Waals surface area contributed by atoms with E-state index in [1.807, 2.05) is 12.3 Å². The number of carbonyl (C=O) groups excluding carboxylic acids is 1. The maximum absolute atomic E-state index is 11.7. The molecule has 7 nitrogen and oxygen atoms in total. The second-order valence-electron chi connectivity index (χ2n) is 6.94. The summed E-state index contributed by atoms with van der Waals surface area (Å²) in [4.78, 5) is 25.0. The molecule has 7 heteroatoms. The minimum atomic E-state index is -0.374. The third-order valence-corrected chi connectivity index (χ3v) is 4.97. The van der Waals surface area contributed by atoms with E-state index in [1.165, 1.54) is 5.56 Å². The van der Waals surface area contributed by atoms with Gasteiger partial charge in [-0.2, -0.15) is 0 Å². The molecule has 0 bridgehead atoms. The molecule has 1 spiro atoms. The van der Waals surface area contributed by atoms with Crippen LogP contribution in [0.1, 0.15) is 29.3 Å². The molecular formula is C18H22N4O3. The number of hydrogen-bond acceptors (Lipinski definition) is 7. The normalized spacial score (nSPS) is 19.2. The second kappa shape index (κ2) is 6.48. The molecule has 132 valence electrons. The summed E-state index contributed by atoms with van der Waals surface area (Å²) in [6, 6.07) is 2.02. The van der Waals surface area contributed by atoms with Gasteiger partial charge in [0, 0.05) is 56.1 Å². The van der Waals surface area contributed by atoms with Crippen molar-refractivity contribution in [3.05, 3.63) is 42.1 Å². The highest BCUT2D eigenvalue weighted by Gasteiger charge is 2.47. The zero-order valence-corrected chi connectivity index (χ0v) is 14.4. The van der Waals surface area contributed by atoms with Gasteiger partial charge >= 0.3 is 5.97 Å². The number of likely N-dealkylation sites (tertiary alicyclic amines) is 1. The summed E-state index contributed by atoms with van der Waals surface area (Å²) in [6.07, 6.45) is 7.79. The van der Waals surface area contributed by atoms with Crippen LogP contribution in [0.5, 0.6) is 0 Å². The lowest BCUT2D eigenvalue weighted by atomic mass is 9.79. The molecule has 0 N–H and O–H groups in total. The molecule has 25 heavy (non-hydrogen) atoms. The van der Waals surface area contributed by atoms with Gasteiger partial charge in [0.1, 0.15) is 0 Å². The van der Waals surface area contributed by atoms with Crippen molar-refractivity contribution in [2.75, 3.05) is 37.7 Å². The molecule has 2 aliphatic rings. The van der Waals surface area contributed by atoms with Crippen molar-refractivity contribution in [1.82, 2.24) is 14.9 Å². The van der Waals surface area contributed by atoms with E-state index < -0.39 is 0 Å². The van der Waals surface area contributed by atoms with Crippen LogP contribution in [0, 0.1) is 5.41 Å². The average molecular weight is 342 g/mol. The quantitative estimate of drug-likeness (QED) is 0.769. The number of aromatic nitrogens is 2. The van der Waals surface area contributed by atoms with E-state index in [4.69, 9.17) is 9.15 Å². The highest BCUT2D eigenvalue weighted by atomic mass is 16.5. The molecule has 4 heterocycles. The smallest absolute Gasteiger partial charge is 0.341 e. The Morgan fingerprint density at radius 2 is 2.12 bits per heavy atom. The Morgan fingerprint density at radius 1 is 1.32 bits per heavy atom. The van der Waals surface area contributed by atoms with Gasteiger partial charge in [0.25, 0.3) is 0 Å². The van der Waals surface area contributed by atoms with Crippen molar-refractivity contribution < 1.29 is 13.9 Å². The fourth-order valence-corrected chi connectivity index (χ4v) is 3.82. The topological polar surface area (TPSA) is 71.7 Å². The Hall–Kier alpha value is -2.41. The van der Waals surface area contributed by atoms with E-state index in [-0.39, 0.29) is 5.97 Å². The molecule has 0 amide bonds. The molecule has 2 aromatic heterocycles. The monoisotopic (exact) mass is 342 g/mol. The summed E-state index contributed by atoms with van der Waals surface area (Å²) < 4.78 is 10.1. The van der Waals surface area contributed by atoms with Gasteiger partial charge in [-0.3, -0.25) is 4.90 Å². The molecule has 0 atom stereocenters. The predicted octanol–water partition coefficient (Wildman–Crippen LogP) is 1.96. The number of hydrogen-bond donors (Lipinski definition) is 0. The summed E-state index contributed by atoms with van der Waals surface area (Å²) in [5, 5.41) is 0. The Kier molecular flexibility index (Phi) is 4.17. The van der Waals surface area contributed by atoms with Gasteiger partial charge in [-0.15, -0.1) is 0 Å². The lowest BCUT2D eigenvalue weighted by Gasteiger charge is -2.48. The fraction of sp³-hybridized carbons (Fsp3) is 0.500. The first-order valence-electron chi connectivity index (χ1n) is 8.65. The van der Waals surface area contributed by atoms with Crippen molar-refractivity contribution in [3.8, 4) is 0 Å². The van der Waals surface area contributed by atoms with E-state index in [0.29, 0.717) is 23.5 Å². The number of esters is 1. The SMILES string of the molecule is CCOC(=O)c1cnc(N2CCC3(CN(Cc4ccoc4)C3)C2)nc1. The van der Waals surface area contributed by atoms with Crippen LogP contribution in [0.25, 0.3) is 0 Å². The van der Waals surface area contributed by atoms with Crippen LogP contribution in [-0.2, 0) is 11.3 Å². The molecule has 2 fully saturated rings. The molecular weight excluding hydrogens is 320 g/mol. The minimum Gasteiger partial charge on any atom is -0.472 e. The fourth-order valence-electron chi connectivity index (χ4n) is 3.82. The van der Waals surface area contributed by atoms with Gasteiger partial charge in [-0.25, -0.2) is 14.8 Å². The summed E-state index contributed by atoms with van der Waals surface area (Å²) in [6.45, 7) is 7.19. The number of anilines is 1. The number of rotatable bonds is 5. The third kappa shape index (κ3) is 3.24. The number of nitrogens with zero attached hydrogens (tertiary/aromatic N) is 4. The van der Waals surface area contributed by atoms with E-state index in [1.54, 1.807) is 25.6 Å². The van der Waals surface area contributed by atoms with Crippen LogP contribution >= 0.6 is 0 Å². The van der Waals surface area contributed by atoms with Crippen LogP contribution in [-0.4, -0.2) is 53.6 Å². The van der Waals surface area contributed by atoms with Gasteiger partial charge in [0.2, 0.25) is 5.95 Å². The van der Waals surface area contributed by atoms with Crippen LogP contribution in [0.15, 0.2) is 35.4 Å². The number of carbonyl (C=O) groups is 1. The molecule has 0 unspecified atom stereocenters. The van der Waals surface area contributed by atoms with E-state index in [2.05, 4.69) is 19.8 Å². The number of furan rings is 1. The van der Waals surface area contributed by atoms with Crippen molar-refractivity contribution in [2.45, 2.75) is 19.9 Å². The summed E-state index contributed by atoms with van der Waals surface area (Å²) in [7, 11) is 0. The molecule has 0 aliphatic carbocycles. The van der Waals surface area contributed by atoms with E-state index in [0.717, 1.165) is 39.1 Å². The van der Waals surface area contributed by atoms with Gasteiger partial charge in [-0.05, 0) is 19.4 Å². The third-order valence-electron chi connectivity index (χ3n) is 4.97. The standard InChI is InChI=1S/C18H22N4O3/c1-2-25-16(23)15-7-19-17(20-8-15)22-5-4-18(13-22)11-21(12-18)9-14-3-6-24-10-14/h3,6-8,10H,2,4-5,9,11-13H2,1H3. The highest BCUT2D eigenvalue weighted by molar-refractivity contribution is 5.88. The molecule has 0 aromatic carbocycles. The Bertz CT molecular complexity index is 723. The zero-order valence-electron chi connectivity index (χ0n) is 14.4. The van der Waals surface area contributed by atoms with Crippen LogP contribution in [0.3, 0.4) is 0 Å². The summed E-state index contributed by atoms with van der Waals surface area (Å²) >= 11 is 0. The van der Waals surface area contributed by atoms with Crippen LogP contribution in [0.2, 0.25) is 0 Å². The molecule has 0 radical (unpaired) electrons. The second-order valence-corrected chi connectivity index (χ2v) is 6.94. The zero-order chi connectivity index (χ0) is 17.3. The molecule has 0 saturated carbocycles. The number of ether oxygens (including phenoxy) is 1. The maximum Gasteiger partial charge on any atom is 0.341 e. The average Bonchev–Trinajstić information content (AvgIpc) is 3.25. The summed E-state index contributed by atoms with van der Waals surface area (Å²) in [5.41, 5.74) is 1.96. The van der Waals surface area contributed by atoms with Crippen molar-refractivity contribution in [1.29, 1.82) is 0 Å². The first-order chi connectivity index (χ1) is 12.2. The van der Waals surface area contributed by atoms with Gasteiger partial charge < -0.3 is 14.1 Å². The van der Waals surface area contributed by atoms with Crippen molar-refractivity contribution in [2.24, 2.45) is 5.41 Å². The highest BCUT2D eigenvalue weighted by Crippen LogP contribution is 2.41. The lowest BCUT2D eigenvalue weighted by Crippen LogP contribution is -2.56. The van der Waals surface area contributed by atoms with Crippen molar-refractivity contribution >= 4 is 11.9 Å². The first kappa shape index (κ1) is 16.1.